The quantitative estimate of drug-likeness (QED) is 0.0809. The zero-order valence-corrected chi connectivity index (χ0v) is 28.8. The van der Waals surface area contributed by atoms with Gasteiger partial charge in [0, 0.05) is 29.2 Å². The summed E-state index contributed by atoms with van der Waals surface area (Å²) in [5, 5.41) is 26.6. The molecule has 1 unspecified atom stereocenters. The van der Waals surface area contributed by atoms with E-state index in [1.165, 1.54) is 17.2 Å². The summed E-state index contributed by atoms with van der Waals surface area (Å²) >= 11 is 0. The fourth-order valence-electron chi connectivity index (χ4n) is 5.17. The number of aliphatic carboxylic acids is 1. The summed E-state index contributed by atoms with van der Waals surface area (Å²) in [6.45, 7) is 5.32. The minimum Gasteiger partial charge on any atom is -0.481 e. The number of benzene rings is 2. The Morgan fingerprint density at radius 1 is 1.06 bits per heavy atom. The maximum absolute atomic E-state index is 13.3. The second-order valence-corrected chi connectivity index (χ2v) is 12.9. The minimum absolute atomic E-state index is 0.0116. The Kier molecular flexibility index (Phi) is 11.9. The van der Waals surface area contributed by atoms with Crippen molar-refractivity contribution in [3.05, 3.63) is 122 Å². The molecule has 0 saturated heterocycles. The molecule has 0 spiro atoms. The molecular weight excluding hydrogens is 672 g/mol. The number of nitrogens with zero attached hydrogens (tertiary/aromatic N) is 5. The molecule has 0 aliphatic rings. The summed E-state index contributed by atoms with van der Waals surface area (Å²) in [6.07, 6.45) is 5.22. The fourth-order valence-corrected chi connectivity index (χ4v) is 5.17. The Morgan fingerprint density at radius 2 is 1.83 bits per heavy atom. The van der Waals surface area contributed by atoms with Gasteiger partial charge in [-0.15, -0.1) is 5.10 Å². The van der Waals surface area contributed by atoms with Gasteiger partial charge in [-0.05, 0) is 36.6 Å². The van der Waals surface area contributed by atoms with Crippen LogP contribution in [0.2, 0.25) is 0 Å². The van der Waals surface area contributed by atoms with E-state index in [1.54, 1.807) is 60.8 Å². The highest BCUT2D eigenvalue weighted by atomic mass is 16.7. The van der Waals surface area contributed by atoms with E-state index in [0.717, 1.165) is 0 Å². The molecule has 3 aromatic heterocycles. The van der Waals surface area contributed by atoms with Gasteiger partial charge in [-0.1, -0.05) is 74.5 Å². The summed E-state index contributed by atoms with van der Waals surface area (Å²) < 4.78 is 18.0. The number of carboxylic acid groups (broad SMARTS) is 1. The Labute approximate surface area is 297 Å². The van der Waals surface area contributed by atoms with Crippen molar-refractivity contribution in [2.24, 2.45) is 0 Å². The van der Waals surface area contributed by atoms with Gasteiger partial charge in [0.2, 0.25) is 12.7 Å². The molecule has 0 aliphatic heterocycles. The number of carbonyl (C=O) groups is 3. The summed E-state index contributed by atoms with van der Waals surface area (Å²) in [5.74, 6) is -1.33. The van der Waals surface area contributed by atoms with E-state index in [1.807, 2.05) is 26.8 Å². The number of aryl methyl sites for hydroxylation is 1. The first-order chi connectivity index (χ1) is 24.9. The van der Waals surface area contributed by atoms with Gasteiger partial charge in [0.25, 0.3) is 5.56 Å². The highest BCUT2D eigenvalue weighted by Crippen LogP contribution is 2.25. The van der Waals surface area contributed by atoms with E-state index >= 15 is 0 Å². The van der Waals surface area contributed by atoms with Crippen LogP contribution in [0.4, 0.5) is 0 Å². The van der Waals surface area contributed by atoms with Crippen LogP contribution < -0.4 is 21.0 Å². The molecule has 52 heavy (non-hydrogen) atoms. The van der Waals surface area contributed by atoms with Gasteiger partial charge in [-0.3, -0.25) is 19.2 Å². The van der Waals surface area contributed by atoms with Crippen LogP contribution in [-0.2, 0) is 32.7 Å². The summed E-state index contributed by atoms with van der Waals surface area (Å²) in [4.78, 5) is 61.2. The molecule has 15 nitrogen and oxygen atoms in total. The summed E-state index contributed by atoms with van der Waals surface area (Å²) in [7, 11) is 0. The number of nitrogens with one attached hydrogen (secondary N) is 1. The van der Waals surface area contributed by atoms with Gasteiger partial charge in [0.15, 0.2) is 12.2 Å². The SMILES string of the molecule is CC(C)(C)c1ocnc1/C=c1\[nH]c(=O)/c(=C/c2cccc(C(=O)c3ccccc3)c2)nc1OCOC(=O)CCCc1cn(CC(O)CC(=O)O)nn1. The first-order valence-electron chi connectivity index (χ1n) is 16.4. The standard InChI is InChI=1S/C37H38N6O9/c1-37(2,3)34-28(38-21-50-34)18-30-36(52-22-51-32(47)14-8-13-26-19-43(42-41-26)20-27(44)17-31(45)46)40-29(35(49)39-30)16-23-9-7-12-25(15-23)33(48)24-10-5-4-6-11-24/h4-7,9-12,15-16,18-19,21,27,44H,8,13-14,17,20,22H2,1-3H3,(H,39,49)(H,45,46)/b29-16-,30-18-. The van der Waals surface area contributed by atoms with Crippen molar-refractivity contribution in [2.45, 2.75) is 64.5 Å². The molecule has 3 N–H and O–H groups in total. The number of oxazole rings is 1. The molecule has 0 aliphatic carbocycles. The van der Waals surface area contributed by atoms with Gasteiger partial charge in [-0.25, -0.2) is 14.6 Å². The van der Waals surface area contributed by atoms with E-state index in [9.17, 15) is 24.3 Å². The number of ether oxygens (including phenoxy) is 2. The lowest BCUT2D eigenvalue weighted by molar-refractivity contribution is -0.150. The van der Waals surface area contributed by atoms with Gasteiger partial charge >= 0.3 is 11.9 Å². The molecule has 2 aromatic carbocycles. The number of aromatic amines is 1. The number of carbonyl (C=O) groups excluding carboxylic acids is 2. The second-order valence-electron chi connectivity index (χ2n) is 12.9. The Bertz CT molecular complexity index is 2220. The molecule has 3 heterocycles. The summed E-state index contributed by atoms with van der Waals surface area (Å²) in [5.41, 5.74) is 1.58. The zero-order valence-electron chi connectivity index (χ0n) is 28.8. The average Bonchev–Trinajstić information content (AvgIpc) is 3.76. The van der Waals surface area contributed by atoms with Crippen molar-refractivity contribution in [3.63, 3.8) is 0 Å². The molecule has 0 radical (unpaired) electrons. The number of aromatic nitrogens is 6. The Morgan fingerprint density at radius 3 is 2.58 bits per heavy atom. The molecule has 0 bridgehead atoms. The van der Waals surface area contributed by atoms with Gasteiger partial charge in [-0.2, -0.15) is 0 Å². The number of rotatable bonds is 15. The fraction of sp³-hybridized carbons (Fsp3) is 0.297. The Hall–Kier alpha value is -6.22. The molecule has 5 rings (SSSR count). The van der Waals surface area contributed by atoms with Crippen molar-refractivity contribution < 1.29 is 38.5 Å². The predicted molar refractivity (Wildman–Crippen MR) is 186 cm³/mol. The maximum atomic E-state index is 13.3. The third kappa shape index (κ3) is 10.2. The van der Waals surface area contributed by atoms with Crippen molar-refractivity contribution in [2.75, 3.05) is 6.79 Å². The van der Waals surface area contributed by atoms with Crippen LogP contribution in [-0.4, -0.2) is 70.8 Å². The van der Waals surface area contributed by atoms with E-state index in [-0.39, 0.29) is 35.3 Å². The number of aliphatic hydroxyl groups excluding tert-OH is 1. The lowest BCUT2D eigenvalue weighted by Crippen LogP contribution is -2.38. The van der Waals surface area contributed by atoms with E-state index in [2.05, 4.69) is 25.3 Å². The first kappa shape index (κ1) is 37.0. The normalized spacial score (nSPS) is 12.8. The van der Waals surface area contributed by atoms with Gasteiger partial charge < -0.3 is 29.1 Å². The van der Waals surface area contributed by atoms with Crippen molar-refractivity contribution in [3.8, 4) is 5.88 Å². The highest BCUT2D eigenvalue weighted by Gasteiger charge is 2.22. The number of hydrogen-bond acceptors (Lipinski definition) is 12. The lowest BCUT2D eigenvalue weighted by Gasteiger charge is -2.15. The topological polar surface area (TPSA) is 213 Å². The van der Waals surface area contributed by atoms with Crippen LogP contribution in [0.1, 0.15) is 78.7 Å². The molecular formula is C37H38N6O9. The lowest BCUT2D eigenvalue weighted by atomic mass is 9.92. The van der Waals surface area contributed by atoms with E-state index < -0.39 is 42.2 Å². The number of ketones is 1. The van der Waals surface area contributed by atoms with Crippen LogP contribution in [0.15, 0.2) is 76.4 Å². The number of aliphatic hydroxyl groups is 1. The smallest absolute Gasteiger partial charge is 0.308 e. The largest absolute Gasteiger partial charge is 0.481 e. The summed E-state index contributed by atoms with van der Waals surface area (Å²) in [6, 6.07) is 15.6. The minimum atomic E-state index is -1.12. The monoisotopic (exact) mass is 710 g/mol. The highest BCUT2D eigenvalue weighted by molar-refractivity contribution is 6.09. The van der Waals surface area contributed by atoms with E-state index in [0.29, 0.717) is 46.7 Å². The number of carboxylic acids is 1. The molecule has 0 amide bonds. The van der Waals surface area contributed by atoms with Crippen molar-refractivity contribution in [1.29, 1.82) is 0 Å². The third-order valence-electron chi connectivity index (χ3n) is 7.60. The molecule has 270 valence electrons. The predicted octanol–water partition coefficient (Wildman–Crippen LogP) is 2.27. The second kappa shape index (κ2) is 16.7. The number of H-pyrrole nitrogens is 1. The molecule has 15 heteroatoms. The van der Waals surface area contributed by atoms with Crippen LogP contribution in [0.3, 0.4) is 0 Å². The van der Waals surface area contributed by atoms with Gasteiger partial charge in [0.05, 0.1) is 24.8 Å². The van der Waals surface area contributed by atoms with Crippen molar-refractivity contribution in [1.82, 2.24) is 29.9 Å². The van der Waals surface area contributed by atoms with E-state index in [4.69, 9.17) is 19.0 Å². The number of esters is 1. The molecule has 0 saturated carbocycles. The first-order valence-corrected chi connectivity index (χ1v) is 16.4. The maximum Gasteiger partial charge on any atom is 0.308 e. The molecule has 0 fully saturated rings. The Balaban J connectivity index is 1.31. The van der Waals surface area contributed by atoms with Crippen LogP contribution in [0.5, 0.6) is 5.88 Å². The molecule has 5 aromatic rings. The zero-order chi connectivity index (χ0) is 37.3. The van der Waals surface area contributed by atoms with Gasteiger partial charge in [0.1, 0.15) is 22.2 Å². The number of hydrogen-bond donors (Lipinski definition) is 3. The van der Waals surface area contributed by atoms with Crippen LogP contribution >= 0.6 is 0 Å². The van der Waals surface area contributed by atoms with Crippen molar-refractivity contribution >= 4 is 29.9 Å². The third-order valence-corrected chi connectivity index (χ3v) is 7.60. The van der Waals surface area contributed by atoms with Crippen LogP contribution in [0, 0.1) is 0 Å². The molecule has 1 atom stereocenters. The average molecular weight is 711 g/mol. The van der Waals surface area contributed by atoms with Crippen LogP contribution in [0.25, 0.3) is 12.2 Å².